The van der Waals surface area contributed by atoms with Gasteiger partial charge in [-0.3, -0.25) is 14.3 Å². The minimum Gasteiger partial charge on any atom is -0.494 e. The Hall–Kier alpha value is -2.80. The third kappa shape index (κ3) is 3.58. The highest BCUT2D eigenvalue weighted by molar-refractivity contribution is 7.71. The number of thiophene rings is 1. The normalized spacial score (nSPS) is 13.4. The molecule has 1 aliphatic rings. The molecule has 0 amide bonds. The number of benzene rings is 1. The summed E-state index contributed by atoms with van der Waals surface area (Å²) in [6.45, 7) is 0. The number of aromatic hydroxyl groups is 1. The lowest BCUT2D eigenvalue weighted by Crippen LogP contribution is -2.18. The van der Waals surface area contributed by atoms with Crippen molar-refractivity contribution in [1.82, 2.24) is 9.55 Å². The van der Waals surface area contributed by atoms with Crippen molar-refractivity contribution in [3.05, 3.63) is 65.7 Å². The van der Waals surface area contributed by atoms with E-state index < -0.39 is 17.3 Å². The fraction of sp³-hybridized carbons (Fsp3) is 0.200. The first kappa shape index (κ1) is 20.5. The maximum atomic E-state index is 13.5. The molecular weight excluding hydrogens is 447 g/mol. The maximum Gasteiger partial charge on any atom is 0.264 e. The summed E-state index contributed by atoms with van der Waals surface area (Å²) in [4.78, 5) is 20.3. The van der Waals surface area contributed by atoms with Gasteiger partial charge in [0.05, 0.1) is 16.3 Å². The molecule has 152 valence electrons. The zero-order chi connectivity index (χ0) is 21.4. The van der Waals surface area contributed by atoms with Gasteiger partial charge in [0, 0.05) is 11.1 Å². The van der Waals surface area contributed by atoms with Crippen molar-refractivity contribution in [2.45, 2.75) is 25.7 Å². The number of aromatic nitrogens is 2. The monoisotopic (exact) mass is 460 g/mol. The van der Waals surface area contributed by atoms with Gasteiger partial charge in [-0.1, -0.05) is 11.6 Å². The molecule has 0 aliphatic heterocycles. The van der Waals surface area contributed by atoms with Crippen molar-refractivity contribution in [2.75, 3.05) is 0 Å². The summed E-state index contributed by atoms with van der Waals surface area (Å²) in [5.74, 6) is -1.08. The Labute approximate surface area is 184 Å². The third-order valence-electron chi connectivity index (χ3n) is 4.86. The molecule has 0 unspecified atom stereocenters. The van der Waals surface area contributed by atoms with E-state index in [1.54, 1.807) is 0 Å². The first-order chi connectivity index (χ1) is 14.4. The van der Waals surface area contributed by atoms with Gasteiger partial charge in [-0.15, -0.1) is 11.3 Å². The van der Waals surface area contributed by atoms with Crippen LogP contribution in [0.3, 0.4) is 0 Å². The second kappa shape index (κ2) is 8.14. The first-order valence-corrected chi connectivity index (χ1v) is 10.6. The minimum absolute atomic E-state index is 0.0818. The first-order valence-electron chi connectivity index (χ1n) is 9.03. The summed E-state index contributed by atoms with van der Waals surface area (Å²) in [5, 5.41) is 20.6. The summed E-state index contributed by atoms with van der Waals surface area (Å²) < 4.78 is 14.6. The summed E-state index contributed by atoms with van der Waals surface area (Å²) in [7, 11) is 0. The molecule has 6 nitrogen and oxygen atoms in total. The third-order valence-corrected chi connectivity index (χ3v) is 6.63. The number of aryl methyl sites for hydroxylation is 1. The molecule has 1 aromatic carbocycles. The standard InChI is InChI=1S/C20H14ClFN4O2S2/c21-14-7-10(5-6-15(14)22)26-19(28)13(17(27)25-20(26)29)9-24-18-12(8-23)11-3-1-2-4-16(11)30-18/h5-7,9,28H,1-4H2,(H,25,27,29)/b24-9+. The zero-order valence-corrected chi connectivity index (χ0v) is 17.8. The van der Waals surface area contributed by atoms with Crippen LogP contribution >= 0.6 is 35.2 Å². The van der Waals surface area contributed by atoms with E-state index >= 15 is 0 Å². The molecule has 0 spiro atoms. The van der Waals surface area contributed by atoms with Gasteiger partial charge in [0.2, 0.25) is 5.88 Å². The summed E-state index contributed by atoms with van der Waals surface area (Å²) in [6, 6.07) is 5.99. The van der Waals surface area contributed by atoms with Crippen LogP contribution in [0.5, 0.6) is 5.88 Å². The second-order valence-electron chi connectivity index (χ2n) is 6.69. The van der Waals surface area contributed by atoms with Crippen molar-refractivity contribution in [2.24, 2.45) is 4.99 Å². The topological polar surface area (TPSA) is 94.2 Å². The molecule has 10 heteroatoms. The average Bonchev–Trinajstić information content (AvgIpc) is 3.07. The number of H-pyrrole nitrogens is 1. The van der Waals surface area contributed by atoms with Gasteiger partial charge in [-0.2, -0.15) is 5.26 Å². The lowest BCUT2D eigenvalue weighted by molar-refractivity contribution is 0.432. The number of rotatable bonds is 3. The van der Waals surface area contributed by atoms with Crippen molar-refractivity contribution >= 4 is 46.4 Å². The highest BCUT2D eigenvalue weighted by atomic mass is 35.5. The van der Waals surface area contributed by atoms with E-state index in [0.29, 0.717) is 10.6 Å². The molecule has 4 rings (SSSR count). The van der Waals surface area contributed by atoms with Crippen LogP contribution in [0.1, 0.15) is 34.4 Å². The van der Waals surface area contributed by atoms with E-state index in [1.807, 2.05) is 0 Å². The van der Waals surface area contributed by atoms with Crippen LogP contribution in [0.15, 0.2) is 28.0 Å². The Kier molecular flexibility index (Phi) is 5.56. The van der Waals surface area contributed by atoms with Gasteiger partial charge in [-0.05, 0) is 61.7 Å². The van der Waals surface area contributed by atoms with Gasteiger partial charge in [0.25, 0.3) is 5.56 Å². The van der Waals surface area contributed by atoms with Crippen molar-refractivity contribution < 1.29 is 9.50 Å². The molecule has 1 aliphatic carbocycles. The smallest absolute Gasteiger partial charge is 0.264 e. The van der Waals surface area contributed by atoms with Gasteiger partial charge in [0.1, 0.15) is 22.5 Å². The van der Waals surface area contributed by atoms with Crippen LogP contribution < -0.4 is 5.56 Å². The number of halogens is 2. The van der Waals surface area contributed by atoms with Crippen LogP contribution in [0.25, 0.3) is 5.69 Å². The van der Waals surface area contributed by atoms with Gasteiger partial charge >= 0.3 is 0 Å². The number of nitrogens with one attached hydrogen (secondary N) is 1. The van der Waals surface area contributed by atoms with Gasteiger partial charge in [0.15, 0.2) is 4.77 Å². The molecular formula is C20H14ClFN4O2S2. The van der Waals surface area contributed by atoms with E-state index in [1.165, 1.54) is 29.7 Å². The van der Waals surface area contributed by atoms with E-state index in [0.717, 1.165) is 46.8 Å². The zero-order valence-electron chi connectivity index (χ0n) is 15.4. The van der Waals surface area contributed by atoms with Crippen LogP contribution in [0, 0.1) is 21.9 Å². The quantitative estimate of drug-likeness (QED) is 0.427. The van der Waals surface area contributed by atoms with Gasteiger partial charge < -0.3 is 5.11 Å². The number of nitriles is 1. The Morgan fingerprint density at radius 3 is 2.90 bits per heavy atom. The Morgan fingerprint density at radius 1 is 1.40 bits per heavy atom. The molecule has 3 aromatic rings. The van der Waals surface area contributed by atoms with E-state index in [4.69, 9.17) is 23.8 Å². The van der Waals surface area contributed by atoms with Crippen LogP contribution in [0.4, 0.5) is 9.39 Å². The van der Waals surface area contributed by atoms with Crippen LogP contribution in [-0.2, 0) is 12.8 Å². The number of aromatic amines is 1. The molecule has 2 aromatic heterocycles. The Bertz CT molecular complexity index is 1350. The molecule has 0 saturated heterocycles. The SMILES string of the molecule is N#Cc1c(/N=C/c2c(O)n(-c3ccc(F)c(Cl)c3)c(=S)[nH]c2=O)sc2c1CCCC2. The van der Waals surface area contributed by atoms with E-state index in [9.17, 15) is 19.6 Å². The molecule has 0 saturated carbocycles. The number of hydrogen-bond donors (Lipinski definition) is 2. The van der Waals surface area contributed by atoms with Crippen LogP contribution in [0.2, 0.25) is 5.02 Å². The lowest BCUT2D eigenvalue weighted by Gasteiger charge is -2.11. The largest absolute Gasteiger partial charge is 0.494 e. The van der Waals surface area contributed by atoms with Crippen LogP contribution in [-0.4, -0.2) is 20.9 Å². The van der Waals surface area contributed by atoms with Crippen molar-refractivity contribution in [3.63, 3.8) is 0 Å². The summed E-state index contributed by atoms with van der Waals surface area (Å²) in [5.41, 5.74) is 1.04. The van der Waals surface area contributed by atoms with E-state index in [2.05, 4.69) is 16.0 Å². The second-order valence-corrected chi connectivity index (χ2v) is 8.57. The fourth-order valence-corrected chi connectivity index (χ4v) is 5.04. The molecule has 0 atom stereocenters. The predicted octanol–water partition coefficient (Wildman–Crippen LogP) is 4.96. The van der Waals surface area contributed by atoms with Gasteiger partial charge in [-0.25, -0.2) is 9.38 Å². The molecule has 30 heavy (non-hydrogen) atoms. The molecule has 2 heterocycles. The number of nitrogens with zero attached hydrogens (tertiary/aromatic N) is 3. The number of fused-ring (bicyclic) bond motifs is 1. The lowest BCUT2D eigenvalue weighted by atomic mass is 9.96. The minimum atomic E-state index is -0.634. The average molecular weight is 461 g/mol. The Balaban J connectivity index is 1.82. The van der Waals surface area contributed by atoms with Crippen molar-refractivity contribution in [3.8, 4) is 17.6 Å². The molecule has 0 radical (unpaired) electrons. The van der Waals surface area contributed by atoms with E-state index in [-0.39, 0.29) is 21.0 Å². The Morgan fingerprint density at radius 2 is 2.17 bits per heavy atom. The number of hydrogen-bond acceptors (Lipinski definition) is 6. The maximum absolute atomic E-state index is 13.5. The molecule has 2 N–H and O–H groups in total. The highest BCUT2D eigenvalue weighted by Gasteiger charge is 2.21. The summed E-state index contributed by atoms with van der Waals surface area (Å²) in [6.07, 6.45) is 5.06. The fourth-order valence-electron chi connectivity index (χ4n) is 3.40. The highest BCUT2D eigenvalue weighted by Crippen LogP contribution is 2.39. The number of aliphatic imine (C=N–C) groups is 1. The molecule has 0 fully saturated rings. The predicted molar refractivity (Wildman–Crippen MR) is 117 cm³/mol. The molecule has 0 bridgehead atoms. The summed E-state index contributed by atoms with van der Waals surface area (Å²) >= 11 is 12.4. The van der Waals surface area contributed by atoms with Crippen molar-refractivity contribution in [1.29, 1.82) is 5.26 Å².